The van der Waals surface area contributed by atoms with E-state index in [1.54, 1.807) is 33.1 Å². The lowest BCUT2D eigenvalue weighted by Gasteiger charge is -2.26. The molecule has 2 aliphatic rings. The van der Waals surface area contributed by atoms with Crippen molar-refractivity contribution in [2.45, 2.75) is 117 Å². The molecule has 0 aliphatic carbocycles. The Morgan fingerprint density at radius 1 is 1.05 bits per heavy atom. The van der Waals surface area contributed by atoms with Gasteiger partial charge in [-0.15, -0.1) is 0 Å². The van der Waals surface area contributed by atoms with Crippen molar-refractivity contribution in [3.05, 3.63) is 71.0 Å². The van der Waals surface area contributed by atoms with Crippen molar-refractivity contribution in [3.8, 4) is 0 Å². The molecule has 2 aliphatic heterocycles. The summed E-state index contributed by atoms with van der Waals surface area (Å²) in [5.41, 5.74) is 4.09. The zero-order valence-electron chi connectivity index (χ0n) is 27.7. The van der Waals surface area contributed by atoms with Gasteiger partial charge in [0.2, 0.25) is 0 Å². The summed E-state index contributed by atoms with van der Waals surface area (Å²) >= 11 is 0. The zero-order valence-corrected chi connectivity index (χ0v) is 27.7. The molecule has 44 heavy (non-hydrogen) atoms. The highest BCUT2D eigenvalue weighted by Gasteiger charge is 2.31. The molecule has 8 heteroatoms. The predicted molar refractivity (Wildman–Crippen MR) is 173 cm³/mol. The number of carbonyl (C=O) groups is 3. The summed E-state index contributed by atoms with van der Waals surface area (Å²) < 4.78 is 17.4. The van der Waals surface area contributed by atoms with Crippen molar-refractivity contribution in [1.29, 1.82) is 0 Å². The lowest BCUT2D eigenvalue weighted by atomic mass is 9.95. The Balaban J connectivity index is 2.55. The Morgan fingerprint density at radius 2 is 1.77 bits per heavy atom. The highest BCUT2D eigenvalue weighted by molar-refractivity contribution is 5.87. The van der Waals surface area contributed by atoms with E-state index in [9.17, 15) is 19.5 Å². The van der Waals surface area contributed by atoms with E-state index in [0.717, 1.165) is 42.4 Å². The largest absolute Gasteiger partial charge is 0.457 e. The van der Waals surface area contributed by atoms with Crippen molar-refractivity contribution >= 4 is 17.8 Å². The second-order valence-corrected chi connectivity index (χ2v) is 12.5. The average molecular weight is 612 g/mol. The summed E-state index contributed by atoms with van der Waals surface area (Å²) in [6.45, 7) is 15.7. The van der Waals surface area contributed by atoms with E-state index >= 15 is 0 Å². The van der Waals surface area contributed by atoms with E-state index in [1.165, 1.54) is 6.08 Å². The third-order valence-electron chi connectivity index (χ3n) is 7.95. The third kappa shape index (κ3) is 13.2. The van der Waals surface area contributed by atoms with Crippen LogP contribution in [0.4, 0.5) is 0 Å². The van der Waals surface area contributed by atoms with Crippen LogP contribution in [0.2, 0.25) is 0 Å². The monoisotopic (exact) mass is 611 g/mol. The number of hydrogen-bond donors (Lipinski definition) is 2. The van der Waals surface area contributed by atoms with Crippen LogP contribution in [0.25, 0.3) is 0 Å². The first-order chi connectivity index (χ1) is 20.8. The molecular formula is C36H53NO7. The molecule has 244 valence electrons. The van der Waals surface area contributed by atoms with Crippen molar-refractivity contribution in [3.63, 3.8) is 0 Å². The lowest BCUT2D eigenvalue weighted by molar-refractivity contribution is -0.152. The second kappa shape index (κ2) is 18.5. The number of ether oxygens (including phenoxy) is 3. The van der Waals surface area contributed by atoms with Crippen LogP contribution in [-0.2, 0) is 28.6 Å². The molecule has 2 heterocycles. The molecule has 0 spiro atoms. The first-order valence-electron chi connectivity index (χ1n) is 15.8. The fourth-order valence-corrected chi connectivity index (χ4v) is 5.11. The summed E-state index contributed by atoms with van der Waals surface area (Å²) in [5.74, 6) is -2.33. The number of carbonyl (C=O) groups excluding carboxylic acids is 3. The van der Waals surface area contributed by atoms with Gasteiger partial charge in [0.1, 0.15) is 18.3 Å². The minimum absolute atomic E-state index is 0.0293. The Hall–Kier alpha value is -3.23. The van der Waals surface area contributed by atoms with Crippen molar-refractivity contribution < 1.29 is 33.7 Å². The molecule has 0 saturated carbocycles. The van der Waals surface area contributed by atoms with E-state index < -0.39 is 42.1 Å². The summed E-state index contributed by atoms with van der Waals surface area (Å²) in [7, 11) is 1.72. The van der Waals surface area contributed by atoms with E-state index in [4.69, 9.17) is 14.2 Å². The number of hydrogen-bond acceptors (Lipinski definition) is 7. The van der Waals surface area contributed by atoms with E-state index in [0.29, 0.717) is 30.5 Å². The van der Waals surface area contributed by atoms with Crippen LogP contribution < -0.4 is 5.32 Å². The van der Waals surface area contributed by atoms with Gasteiger partial charge in [0.25, 0.3) is 5.91 Å². The molecular weight excluding hydrogens is 558 g/mol. The number of esters is 2. The van der Waals surface area contributed by atoms with E-state index in [-0.39, 0.29) is 18.4 Å². The van der Waals surface area contributed by atoms with Crippen LogP contribution in [0.3, 0.4) is 0 Å². The second-order valence-electron chi connectivity index (χ2n) is 12.5. The van der Waals surface area contributed by atoms with Crippen LogP contribution in [0.5, 0.6) is 0 Å². The van der Waals surface area contributed by atoms with Gasteiger partial charge in [0.05, 0.1) is 12.5 Å². The molecule has 0 aromatic rings. The molecule has 2 N–H and O–H groups in total. The molecule has 5 unspecified atom stereocenters. The Labute approximate surface area is 264 Å². The fraction of sp³-hybridized carbons (Fsp3) is 0.583. The molecule has 0 radical (unpaired) electrons. The predicted octanol–water partition coefficient (Wildman–Crippen LogP) is 6.58. The number of allylic oxidation sites excluding steroid dienone is 5. The number of aliphatic hydroxyl groups excluding tert-OH is 1. The standard InChI is InChI=1S/C36H53NO7/c1-23(2)14-17-32-28(7)35(40)36(41)37-29-12-10-9-11-13-30(42-8)21-27(6)26(5)16-15-24(3)18-31(43-34(39)22-29)19-25(4)20-33(38)44-32/h14-17,19,22-23,28,30-32,35,40H,6,9-13,18,20-21H2,1-5,7-8H3,(H,37,41)/b17-14-,24-15+,25-19-,26-16+,29-22-. The number of nitrogens with one attached hydrogen (secondary N) is 1. The number of aliphatic hydroxyl groups is 1. The smallest absolute Gasteiger partial charge is 0.333 e. The van der Waals surface area contributed by atoms with Crippen LogP contribution in [0.15, 0.2) is 71.0 Å². The molecule has 2 rings (SSSR count). The Kier molecular flexibility index (Phi) is 15.6. The quantitative estimate of drug-likeness (QED) is 0.274. The number of cyclic esters (lactones) is 1. The minimum atomic E-state index is -1.48. The molecule has 0 saturated heterocycles. The van der Waals surface area contributed by atoms with Gasteiger partial charge < -0.3 is 24.6 Å². The number of methoxy groups -OCH3 is 1. The number of amides is 1. The molecule has 2 bridgehead atoms. The number of rotatable bonds is 3. The molecule has 8 nitrogen and oxygen atoms in total. The normalized spacial score (nSPS) is 32.8. The van der Waals surface area contributed by atoms with Crippen molar-refractivity contribution in [2.24, 2.45) is 11.8 Å². The van der Waals surface area contributed by atoms with Gasteiger partial charge in [-0.25, -0.2) is 4.79 Å². The van der Waals surface area contributed by atoms with E-state index in [1.807, 2.05) is 45.9 Å². The van der Waals surface area contributed by atoms with E-state index in [2.05, 4.69) is 11.9 Å². The van der Waals surface area contributed by atoms with Gasteiger partial charge >= 0.3 is 11.9 Å². The van der Waals surface area contributed by atoms with Crippen LogP contribution in [0, 0.1) is 11.8 Å². The Bertz CT molecular complexity index is 1170. The van der Waals surface area contributed by atoms with Crippen LogP contribution >= 0.6 is 0 Å². The molecule has 5 atom stereocenters. The maximum absolute atomic E-state index is 13.2. The summed E-state index contributed by atoms with van der Waals surface area (Å²) in [6.07, 6.45) is 12.6. The Morgan fingerprint density at radius 3 is 2.45 bits per heavy atom. The van der Waals surface area contributed by atoms with Crippen molar-refractivity contribution in [1.82, 2.24) is 5.32 Å². The lowest BCUT2D eigenvalue weighted by Crippen LogP contribution is -2.43. The first kappa shape index (κ1) is 37.0. The number of fused-ring (bicyclic) bond motifs is 3. The van der Waals surface area contributed by atoms with Gasteiger partial charge in [0.15, 0.2) is 0 Å². The zero-order chi connectivity index (χ0) is 32.8. The maximum Gasteiger partial charge on any atom is 0.333 e. The minimum Gasteiger partial charge on any atom is -0.457 e. The molecule has 0 fully saturated rings. The van der Waals surface area contributed by atoms with Gasteiger partial charge in [-0.2, -0.15) is 0 Å². The fourth-order valence-electron chi connectivity index (χ4n) is 5.11. The highest BCUT2D eigenvalue weighted by Crippen LogP contribution is 2.23. The maximum atomic E-state index is 13.2. The van der Waals surface area contributed by atoms with Gasteiger partial charge in [0, 0.05) is 31.2 Å². The van der Waals surface area contributed by atoms with Gasteiger partial charge in [-0.3, -0.25) is 9.59 Å². The SMILES string of the molecule is C=C1CC(OC)CCCCC/C2=C/C(=O)OC(/C=C(/C)CC(=O)OC(/C=C\C(C)C)C(C)C(O)C(=O)N2)C/C(C)=C/C=C/1C. The van der Waals surface area contributed by atoms with Gasteiger partial charge in [-0.1, -0.05) is 69.6 Å². The molecule has 0 aromatic carbocycles. The van der Waals surface area contributed by atoms with Crippen LogP contribution in [0.1, 0.15) is 92.9 Å². The molecule has 0 aromatic heterocycles. The third-order valence-corrected chi connectivity index (χ3v) is 7.95. The summed E-state index contributed by atoms with van der Waals surface area (Å²) in [5, 5.41) is 13.8. The average Bonchev–Trinajstić information content (AvgIpc) is 2.94. The topological polar surface area (TPSA) is 111 Å². The van der Waals surface area contributed by atoms with Gasteiger partial charge in [-0.05, 0) is 75.7 Å². The summed E-state index contributed by atoms with van der Waals surface area (Å²) in [4.78, 5) is 39.4. The first-order valence-corrected chi connectivity index (χ1v) is 15.8. The summed E-state index contributed by atoms with van der Waals surface area (Å²) in [6, 6.07) is 0. The molecule has 1 amide bonds. The highest BCUT2D eigenvalue weighted by atomic mass is 16.5. The van der Waals surface area contributed by atoms with Crippen LogP contribution in [-0.4, -0.2) is 54.5 Å². The van der Waals surface area contributed by atoms with Crippen molar-refractivity contribution in [2.75, 3.05) is 7.11 Å².